The average molecular weight is 228 g/mol. The van der Waals surface area contributed by atoms with E-state index in [-0.39, 0.29) is 0 Å². The number of thioether (sulfide) groups is 1. The minimum Gasteiger partial charge on any atom is -0.162 e. The van der Waals surface area contributed by atoms with E-state index in [9.17, 15) is 0 Å². The number of hydrogen-bond donors (Lipinski definition) is 0. The number of rotatable bonds is 6. The van der Waals surface area contributed by atoms with Crippen molar-refractivity contribution in [2.24, 2.45) is 17.8 Å². The predicted molar refractivity (Wildman–Crippen MR) is 72.5 cm³/mol. The Balaban J connectivity index is 2.26. The summed E-state index contributed by atoms with van der Waals surface area (Å²) in [7, 11) is 0. The molecule has 0 bridgehead atoms. The Labute approximate surface area is 101 Å². The van der Waals surface area contributed by atoms with Gasteiger partial charge < -0.3 is 0 Å². The van der Waals surface area contributed by atoms with Gasteiger partial charge >= 0.3 is 0 Å². The van der Waals surface area contributed by atoms with Gasteiger partial charge in [-0.15, -0.1) is 0 Å². The van der Waals surface area contributed by atoms with Crippen molar-refractivity contribution < 1.29 is 0 Å². The smallest absolute Gasteiger partial charge is 0.00185 e. The Kier molecular flexibility index (Phi) is 6.11. The molecule has 0 aromatic heterocycles. The van der Waals surface area contributed by atoms with Gasteiger partial charge in [0.15, 0.2) is 0 Å². The molecule has 15 heavy (non-hydrogen) atoms. The van der Waals surface area contributed by atoms with Crippen molar-refractivity contribution in [2.75, 3.05) is 6.26 Å². The molecule has 1 aliphatic rings. The van der Waals surface area contributed by atoms with E-state index in [4.69, 9.17) is 0 Å². The molecule has 90 valence electrons. The Hall–Kier alpha value is 0.350. The van der Waals surface area contributed by atoms with Crippen LogP contribution in [0.3, 0.4) is 0 Å². The van der Waals surface area contributed by atoms with Crippen molar-refractivity contribution in [3.63, 3.8) is 0 Å². The predicted octanol–water partition coefficient (Wildman–Crippen LogP) is 4.98. The summed E-state index contributed by atoms with van der Waals surface area (Å²) < 4.78 is 0. The standard InChI is InChI=1S/C14H28S/c1-5-6-11(2)14-8-7-13(10-14)9-12(3)15-4/h11-14H,5-10H2,1-4H3. The summed E-state index contributed by atoms with van der Waals surface area (Å²) in [6.07, 6.45) is 11.0. The summed E-state index contributed by atoms with van der Waals surface area (Å²) in [5.41, 5.74) is 0. The molecule has 0 saturated heterocycles. The van der Waals surface area contributed by atoms with E-state index in [2.05, 4.69) is 27.0 Å². The molecule has 0 aromatic rings. The molecule has 1 heteroatoms. The first kappa shape index (κ1) is 13.4. The van der Waals surface area contributed by atoms with E-state index < -0.39 is 0 Å². The van der Waals surface area contributed by atoms with Crippen LogP contribution >= 0.6 is 11.8 Å². The second-order valence-electron chi connectivity index (χ2n) is 5.49. The fourth-order valence-corrected chi connectivity index (χ4v) is 3.57. The molecule has 0 aliphatic heterocycles. The summed E-state index contributed by atoms with van der Waals surface area (Å²) in [4.78, 5) is 0. The molecule has 0 nitrogen and oxygen atoms in total. The lowest BCUT2D eigenvalue weighted by molar-refractivity contribution is 0.328. The monoisotopic (exact) mass is 228 g/mol. The summed E-state index contributed by atoms with van der Waals surface area (Å²) in [6.45, 7) is 7.17. The van der Waals surface area contributed by atoms with Gasteiger partial charge in [-0.1, -0.05) is 40.0 Å². The van der Waals surface area contributed by atoms with Crippen molar-refractivity contribution >= 4 is 11.8 Å². The molecular weight excluding hydrogens is 200 g/mol. The molecule has 4 unspecified atom stereocenters. The minimum atomic E-state index is 0.871. The molecule has 1 rings (SSSR count). The highest BCUT2D eigenvalue weighted by atomic mass is 32.2. The first-order chi connectivity index (χ1) is 7.17. The van der Waals surface area contributed by atoms with Crippen molar-refractivity contribution in [1.82, 2.24) is 0 Å². The van der Waals surface area contributed by atoms with E-state index in [0.717, 1.165) is 23.0 Å². The van der Waals surface area contributed by atoms with Crippen LogP contribution in [0.5, 0.6) is 0 Å². The normalized spacial score (nSPS) is 30.4. The van der Waals surface area contributed by atoms with Crippen LogP contribution in [0.2, 0.25) is 0 Å². The number of hydrogen-bond acceptors (Lipinski definition) is 1. The zero-order valence-electron chi connectivity index (χ0n) is 11.0. The third-order valence-corrected chi connectivity index (χ3v) is 5.20. The van der Waals surface area contributed by atoms with E-state index in [1.165, 1.54) is 38.5 Å². The molecular formula is C14H28S. The molecule has 0 spiro atoms. The average Bonchev–Trinajstić information content (AvgIpc) is 2.66. The summed E-state index contributed by atoms with van der Waals surface area (Å²) >= 11 is 2.03. The van der Waals surface area contributed by atoms with E-state index >= 15 is 0 Å². The van der Waals surface area contributed by atoms with Crippen molar-refractivity contribution in [3.8, 4) is 0 Å². The maximum Gasteiger partial charge on any atom is 0.00185 e. The Bertz CT molecular complexity index is 167. The van der Waals surface area contributed by atoms with Gasteiger partial charge in [0.05, 0.1) is 0 Å². The maximum absolute atomic E-state index is 2.47. The largest absolute Gasteiger partial charge is 0.162 e. The minimum absolute atomic E-state index is 0.871. The highest BCUT2D eigenvalue weighted by Gasteiger charge is 2.28. The lowest BCUT2D eigenvalue weighted by Gasteiger charge is -2.19. The van der Waals surface area contributed by atoms with Crippen LogP contribution in [0, 0.1) is 17.8 Å². The van der Waals surface area contributed by atoms with Gasteiger partial charge in [-0.25, -0.2) is 0 Å². The van der Waals surface area contributed by atoms with Gasteiger partial charge in [-0.05, 0) is 43.3 Å². The van der Waals surface area contributed by atoms with Gasteiger partial charge in [-0.2, -0.15) is 11.8 Å². The van der Waals surface area contributed by atoms with Crippen LogP contribution in [0.15, 0.2) is 0 Å². The summed E-state index contributed by atoms with van der Waals surface area (Å²) in [6, 6.07) is 0. The molecule has 0 aromatic carbocycles. The fraction of sp³-hybridized carbons (Fsp3) is 1.00. The van der Waals surface area contributed by atoms with Gasteiger partial charge in [0.25, 0.3) is 0 Å². The van der Waals surface area contributed by atoms with Gasteiger partial charge in [0.2, 0.25) is 0 Å². The third-order valence-electron chi connectivity index (χ3n) is 4.20. The van der Waals surface area contributed by atoms with E-state index in [1.807, 2.05) is 11.8 Å². The molecule has 1 aliphatic carbocycles. The third kappa shape index (κ3) is 4.38. The maximum atomic E-state index is 2.47. The second-order valence-corrected chi connectivity index (χ2v) is 6.76. The van der Waals surface area contributed by atoms with Crippen LogP contribution in [-0.2, 0) is 0 Å². The lowest BCUT2D eigenvalue weighted by atomic mass is 9.88. The van der Waals surface area contributed by atoms with Crippen LogP contribution in [0.4, 0.5) is 0 Å². The molecule has 0 heterocycles. The summed E-state index contributed by atoms with van der Waals surface area (Å²) in [5, 5.41) is 0.871. The van der Waals surface area contributed by atoms with Crippen LogP contribution in [0.25, 0.3) is 0 Å². The van der Waals surface area contributed by atoms with Gasteiger partial charge in [0, 0.05) is 5.25 Å². The van der Waals surface area contributed by atoms with Crippen LogP contribution < -0.4 is 0 Å². The molecule has 1 saturated carbocycles. The quantitative estimate of drug-likeness (QED) is 0.618. The fourth-order valence-electron chi connectivity index (χ4n) is 3.10. The first-order valence-electron chi connectivity index (χ1n) is 6.70. The molecule has 4 atom stereocenters. The molecule has 0 radical (unpaired) electrons. The molecule has 0 N–H and O–H groups in total. The second kappa shape index (κ2) is 6.83. The Morgan fingerprint density at radius 2 is 2.00 bits per heavy atom. The van der Waals surface area contributed by atoms with Crippen molar-refractivity contribution in [2.45, 2.75) is 64.5 Å². The van der Waals surface area contributed by atoms with Crippen LogP contribution in [-0.4, -0.2) is 11.5 Å². The SMILES string of the molecule is CCCC(C)C1CCC(CC(C)SC)C1. The van der Waals surface area contributed by atoms with E-state index in [0.29, 0.717) is 0 Å². The Morgan fingerprint density at radius 1 is 1.27 bits per heavy atom. The highest BCUT2D eigenvalue weighted by Crippen LogP contribution is 2.40. The topological polar surface area (TPSA) is 0 Å². The molecule has 1 fully saturated rings. The van der Waals surface area contributed by atoms with Crippen molar-refractivity contribution in [3.05, 3.63) is 0 Å². The lowest BCUT2D eigenvalue weighted by Crippen LogP contribution is -2.09. The zero-order chi connectivity index (χ0) is 11.3. The van der Waals surface area contributed by atoms with Crippen LogP contribution in [0.1, 0.15) is 59.3 Å². The zero-order valence-corrected chi connectivity index (χ0v) is 11.8. The van der Waals surface area contributed by atoms with Gasteiger partial charge in [-0.3, -0.25) is 0 Å². The highest BCUT2D eigenvalue weighted by molar-refractivity contribution is 7.99. The first-order valence-corrected chi connectivity index (χ1v) is 7.98. The van der Waals surface area contributed by atoms with Gasteiger partial charge in [0.1, 0.15) is 0 Å². The Morgan fingerprint density at radius 3 is 2.60 bits per heavy atom. The van der Waals surface area contributed by atoms with Crippen molar-refractivity contribution in [1.29, 1.82) is 0 Å². The van der Waals surface area contributed by atoms with E-state index in [1.54, 1.807) is 0 Å². The molecule has 0 amide bonds. The summed E-state index contributed by atoms with van der Waals surface area (Å²) in [5.74, 6) is 3.06.